The van der Waals surface area contributed by atoms with E-state index in [0.717, 1.165) is 30.8 Å². The summed E-state index contributed by atoms with van der Waals surface area (Å²) in [7, 11) is 1.64. The molecular weight excluding hydrogens is 230 g/mol. The van der Waals surface area contributed by atoms with E-state index in [9.17, 15) is 9.90 Å². The number of carbonyl (C=O) groups is 1. The number of aliphatic carboxylic acids is 1. The minimum absolute atomic E-state index is 0.551. The largest absolute Gasteiger partial charge is 0.497 e. The molecule has 98 valence electrons. The summed E-state index contributed by atoms with van der Waals surface area (Å²) in [4.78, 5) is 13.4. The van der Waals surface area contributed by atoms with Gasteiger partial charge in [0.25, 0.3) is 0 Å². The van der Waals surface area contributed by atoms with Crippen LogP contribution >= 0.6 is 0 Å². The Morgan fingerprint density at radius 2 is 2.28 bits per heavy atom. The van der Waals surface area contributed by atoms with Crippen LogP contribution in [0.4, 0.5) is 5.69 Å². The predicted octanol–water partition coefficient (Wildman–Crippen LogP) is 2.39. The maximum absolute atomic E-state index is 11.3. The summed E-state index contributed by atoms with van der Waals surface area (Å²) >= 11 is 0. The molecule has 1 atom stereocenters. The molecule has 1 aromatic rings. The first-order chi connectivity index (χ1) is 8.55. The minimum atomic E-state index is -0.713. The van der Waals surface area contributed by atoms with Crippen molar-refractivity contribution in [3.8, 4) is 5.75 Å². The number of carboxylic acid groups (broad SMARTS) is 1. The van der Waals surface area contributed by atoms with E-state index in [-0.39, 0.29) is 0 Å². The molecule has 1 heterocycles. The van der Waals surface area contributed by atoms with Crippen molar-refractivity contribution >= 4 is 11.7 Å². The Labute approximate surface area is 107 Å². The lowest BCUT2D eigenvalue weighted by Crippen LogP contribution is -2.46. The van der Waals surface area contributed by atoms with E-state index in [1.165, 1.54) is 0 Å². The van der Waals surface area contributed by atoms with E-state index >= 15 is 0 Å². The highest BCUT2D eigenvalue weighted by Crippen LogP contribution is 2.33. The fourth-order valence-electron chi connectivity index (χ4n) is 2.44. The second-order valence-electron chi connectivity index (χ2n) is 5.09. The number of carboxylic acids is 1. The van der Waals surface area contributed by atoms with E-state index in [1.807, 2.05) is 31.2 Å². The molecule has 1 saturated heterocycles. The van der Waals surface area contributed by atoms with E-state index < -0.39 is 11.4 Å². The Bertz CT molecular complexity index is 446. The summed E-state index contributed by atoms with van der Waals surface area (Å²) in [5.74, 6) is 0.0881. The van der Waals surface area contributed by atoms with Gasteiger partial charge >= 0.3 is 5.97 Å². The number of hydrogen-bond acceptors (Lipinski definition) is 3. The Morgan fingerprint density at radius 1 is 1.50 bits per heavy atom. The molecule has 1 N–H and O–H groups in total. The van der Waals surface area contributed by atoms with Gasteiger partial charge in [-0.1, -0.05) is 6.07 Å². The molecule has 0 aromatic heterocycles. The maximum atomic E-state index is 11.3. The molecule has 1 aliphatic heterocycles. The van der Waals surface area contributed by atoms with Crippen LogP contribution in [0.1, 0.15) is 19.8 Å². The van der Waals surface area contributed by atoms with Gasteiger partial charge in [-0.3, -0.25) is 4.79 Å². The monoisotopic (exact) mass is 249 g/mol. The summed E-state index contributed by atoms with van der Waals surface area (Å²) in [5.41, 5.74) is 0.378. The molecule has 1 aromatic carbocycles. The number of nitrogens with zero attached hydrogens (tertiary/aromatic N) is 1. The van der Waals surface area contributed by atoms with Gasteiger partial charge in [-0.15, -0.1) is 0 Å². The van der Waals surface area contributed by atoms with Crippen molar-refractivity contribution in [1.82, 2.24) is 0 Å². The van der Waals surface area contributed by atoms with Crippen LogP contribution < -0.4 is 9.64 Å². The van der Waals surface area contributed by atoms with Gasteiger partial charge in [0.15, 0.2) is 0 Å². The zero-order valence-electron chi connectivity index (χ0n) is 10.8. The van der Waals surface area contributed by atoms with Crippen molar-refractivity contribution in [3.05, 3.63) is 24.3 Å². The first kappa shape index (κ1) is 12.7. The second-order valence-corrected chi connectivity index (χ2v) is 5.09. The molecule has 0 spiro atoms. The van der Waals surface area contributed by atoms with Gasteiger partial charge in [0.2, 0.25) is 0 Å². The lowest BCUT2D eigenvalue weighted by molar-refractivity contribution is -0.148. The molecule has 1 aliphatic rings. The van der Waals surface area contributed by atoms with Crippen LogP contribution in [0.25, 0.3) is 0 Å². The molecule has 4 heteroatoms. The van der Waals surface area contributed by atoms with E-state index in [2.05, 4.69) is 4.90 Å². The highest BCUT2D eigenvalue weighted by atomic mass is 16.5. The van der Waals surface area contributed by atoms with E-state index in [0.29, 0.717) is 6.54 Å². The van der Waals surface area contributed by atoms with Gasteiger partial charge < -0.3 is 14.7 Å². The van der Waals surface area contributed by atoms with Gasteiger partial charge in [-0.05, 0) is 31.9 Å². The molecule has 1 fully saturated rings. The number of hydrogen-bond donors (Lipinski definition) is 1. The quantitative estimate of drug-likeness (QED) is 0.893. The number of methoxy groups -OCH3 is 1. The standard InChI is InChI=1S/C14H19NO3/c1-14(13(16)17)7-4-8-15(10-14)11-5-3-6-12(9-11)18-2/h3,5-6,9H,4,7-8,10H2,1-2H3,(H,16,17). The number of anilines is 1. The number of rotatable bonds is 3. The predicted molar refractivity (Wildman–Crippen MR) is 70.2 cm³/mol. The van der Waals surface area contributed by atoms with Crippen molar-refractivity contribution in [2.75, 3.05) is 25.1 Å². The van der Waals surface area contributed by atoms with Crippen LogP contribution in [-0.2, 0) is 4.79 Å². The molecule has 0 radical (unpaired) electrons. The molecular formula is C14H19NO3. The molecule has 4 nitrogen and oxygen atoms in total. The molecule has 0 aliphatic carbocycles. The third-order valence-electron chi connectivity index (χ3n) is 3.63. The Balaban J connectivity index is 2.20. The van der Waals surface area contributed by atoms with Gasteiger partial charge in [0.1, 0.15) is 5.75 Å². The summed E-state index contributed by atoms with van der Waals surface area (Å²) < 4.78 is 5.20. The van der Waals surface area contributed by atoms with Crippen molar-refractivity contribution in [1.29, 1.82) is 0 Å². The highest BCUT2D eigenvalue weighted by molar-refractivity contribution is 5.75. The minimum Gasteiger partial charge on any atom is -0.497 e. The lowest BCUT2D eigenvalue weighted by Gasteiger charge is -2.39. The molecule has 0 bridgehead atoms. The van der Waals surface area contributed by atoms with Crippen molar-refractivity contribution in [2.45, 2.75) is 19.8 Å². The smallest absolute Gasteiger partial charge is 0.311 e. The van der Waals surface area contributed by atoms with Crippen molar-refractivity contribution < 1.29 is 14.6 Å². The van der Waals surface area contributed by atoms with E-state index in [4.69, 9.17) is 4.74 Å². The number of benzene rings is 1. The maximum Gasteiger partial charge on any atom is 0.311 e. The molecule has 2 rings (SSSR count). The molecule has 0 saturated carbocycles. The third-order valence-corrected chi connectivity index (χ3v) is 3.63. The Kier molecular flexibility index (Phi) is 3.45. The molecule has 1 unspecified atom stereocenters. The van der Waals surface area contributed by atoms with Crippen LogP contribution in [-0.4, -0.2) is 31.3 Å². The molecule has 18 heavy (non-hydrogen) atoms. The number of piperidine rings is 1. The summed E-state index contributed by atoms with van der Waals surface area (Å²) in [6.45, 7) is 3.27. The number of ether oxygens (including phenoxy) is 1. The average Bonchev–Trinajstić information content (AvgIpc) is 2.39. The highest BCUT2D eigenvalue weighted by Gasteiger charge is 2.37. The second kappa shape index (κ2) is 4.88. The molecule has 0 amide bonds. The van der Waals surface area contributed by atoms with Crippen LogP contribution in [0.5, 0.6) is 5.75 Å². The van der Waals surface area contributed by atoms with Crippen LogP contribution in [0.2, 0.25) is 0 Å². The zero-order valence-corrected chi connectivity index (χ0v) is 10.8. The van der Waals surface area contributed by atoms with Gasteiger partial charge in [-0.25, -0.2) is 0 Å². The topological polar surface area (TPSA) is 49.8 Å². The van der Waals surface area contributed by atoms with Crippen molar-refractivity contribution in [3.63, 3.8) is 0 Å². The van der Waals surface area contributed by atoms with Crippen molar-refractivity contribution in [2.24, 2.45) is 5.41 Å². The first-order valence-corrected chi connectivity index (χ1v) is 6.17. The van der Waals surface area contributed by atoms with Crippen LogP contribution in [0.15, 0.2) is 24.3 Å². The average molecular weight is 249 g/mol. The Morgan fingerprint density at radius 3 is 2.94 bits per heavy atom. The van der Waals surface area contributed by atoms with Gasteiger partial charge in [0, 0.05) is 24.8 Å². The first-order valence-electron chi connectivity index (χ1n) is 6.17. The fourth-order valence-corrected chi connectivity index (χ4v) is 2.44. The van der Waals surface area contributed by atoms with Gasteiger partial charge in [-0.2, -0.15) is 0 Å². The summed E-state index contributed by atoms with van der Waals surface area (Å²) in [6.07, 6.45) is 1.64. The van der Waals surface area contributed by atoms with Gasteiger partial charge in [0.05, 0.1) is 12.5 Å². The van der Waals surface area contributed by atoms with E-state index in [1.54, 1.807) is 7.11 Å². The lowest BCUT2D eigenvalue weighted by atomic mass is 9.82. The fraction of sp³-hybridized carbons (Fsp3) is 0.500. The summed E-state index contributed by atoms with van der Waals surface area (Å²) in [5, 5.41) is 9.31. The SMILES string of the molecule is COc1cccc(N2CCCC(C)(C(=O)O)C2)c1. The summed E-state index contributed by atoms with van der Waals surface area (Å²) in [6, 6.07) is 7.77. The Hall–Kier alpha value is -1.71. The normalized spacial score (nSPS) is 23.8. The third kappa shape index (κ3) is 2.42. The van der Waals surface area contributed by atoms with Crippen LogP contribution in [0.3, 0.4) is 0 Å². The van der Waals surface area contributed by atoms with Crippen LogP contribution in [0, 0.1) is 5.41 Å². The zero-order chi connectivity index (χ0) is 13.2.